The first-order chi connectivity index (χ1) is 17.6. The van der Waals surface area contributed by atoms with E-state index in [2.05, 4.69) is 15.6 Å². The number of carbonyl (C=O) groups is 2. The van der Waals surface area contributed by atoms with Crippen LogP contribution < -0.4 is 21.6 Å². The number of carbonyl (C=O) groups excluding carboxylic acids is 2. The molecule has 8 heteroatoms. The second-order valence-corrected chi connectivity index (χ2v) is 9.31. The van der Waals surface area contributed by atoms with Crippen LogP contribution in [-0.4, -0.2) is 16.8 Å². The summed E-state index contributed by atoms with van der Waals surface area (Å²) in [6.45, 7) is 4.37. The average molecular weight is 506 g/mol. The predicted octanol–water partition coefficient (Wildman–Crippen LogP) is 4.15. The van der Waals surface area contributed by atoms with Crippen molar-refractivity contribution >= 4 is 23.0 Å². The van der Waals surface area contributed by atoms with Gasteiger partial charge in [0.25, 0.3) is 11.8 Å². The van der Waals surface area contributed by atoms with Crippen molar-refractivity contribution in [3.05, 3.63) is 100 Å². The van der Waals surface area contributed by atoms with Gasteiger partial charge in [0.15, 0.2) is 11.1 Å². The lowest BCUT2D eigenvalue weighted by molar-refractivity contribution is -0.123. The van der Waals surface area contributed by atoms with Crippen LogP contribution >= 0.6 is 0 Å². The molecule has 2 aromatic rings. The lowest BCUT2D eigenvalue weighted by Crippen LogP contribution is -2.30. The van der Waals surface area contributed by atoms with Crippen molar-refractivity contribution in [2.24, 2.45) is 5.92 Å². The number of oxazole rings is 1. The first-order valence-electron chi connectivity index (χ1n) is 12.1. The molecule has 2 aliphatic carbocycles. The number of hydrogen-bond donors (Lipinski definition) is 2. The van der Waals surface area contributed by atoms with Gasteiger partial charge in [0.05, 0.1) is 0 Å². The maximum Gasteiger partial charge on any atom is 0.274 e. The van der Waals surface area contributed by atoms with E-state index in [1.807, 2.05) is 44.2 Å². The maximum atomic E-state index is 14.0. The Hall–Kier alpha value is -4.07. The number of nitrogens with one attached hydrogen (secondary N) is 2. The van der Waals surface area contributed by atoms with Gasteiger partial charge in [-0.25, -0.2) is 13.8 Å². The molecule has 0 fully saturated rings. The molecule has 2 amide bonds. The molecule has 1 aromatic heterocycles. The van der Waals surface area contributed by atoms with E-state index < -0.39 is 11.8 Å². The minimum absolute atomic E-state index is 0.0777. The van der Waals surface area contributed by atoms with E-state index in [0.29, 0.717) is 40.6 Å². The zero-order valence-corrected chi connectivity index (χ0v) is 21.0. The zero-order chi connectivity index (χ0) is 26.6. The summed E-state index contributed by atoms with van der Waals surface area (Å²) in [5.74, 6) is -3.81. The molecule has 1 aromatic carbocycles. The van der Waals surface area contributed by atoms with Gasteiger partial charge in [-0.05, 0) is 24.5 Å². The topological polar surface area (TPSA) is 84.2 Å². The SMILES string of the molecule is CC(C)C(=O)NC1=CCC(=c2oc(=C3C=CC=CC3)nc2C(=O)NCc2ccccc2C(C)(F)F)C=C1. The fourth-order valence-electron chi connectivity index (χ4n) is 3.96. The molecule has 0 saturated carbocycles. The number of nitrogens with zero attached hydrogens (tertiary/aromatic N) is 1. The third kappa shape index (κ3) is 6.20. The largest absolute Gasteiger partial charge is 0.436 e. The van der Waals surface area contributed by atoms with Gasteiger partial charge in [-0.1, -0.05) is 74.6 Å². The minimum atomic E-state index is -3.04. The van der Waals surface area contributed by atoms with Crippen LogP contribution in [0.1, 0.15) is 55.2 Å². The van der Waals surface area contributed by atoms with Gasteiger partial charge in [-0.2, -0.15) is 0 Å². The van der Waals surface area contributed by atoms with Gasteiger partial charge in [0.1, 0.15) is 0 Å². The van der Waals surface area contributed by atoms with E-state index >= 15 is 0 Å². The van der Waals surface area contributed by atoms with Crippen molar-refractivity contribution in [2.75, 3.05) is 0 Å². The van der Waals surface area contributed by atoms with E-state index in [4.69, 9.17) is 4.42 Å². The number of alkyl halides is 2. The summed E-state index contributed by atoms with van der Waals surface area (Å²) in [5, 5.41) is 5.58. The van der Waals surface area contributed by atoms with Crippen LogP contribution in [0.25, 0.3) is 11.1 Å². The lowest BCUT2D eigenvalue weighted by Gasteiger charge is -2.16. The van der Waals surface area contributed by atoms with Crippen LogP contribution in [0.4, 0.5) is 8.78 Å². The number of hydrogen-bond acceptors (Lipinski definition) is 4. The summed E-state index contributed by atoms with van der Waals surface area (Å²) >= 11 is 0. The molecule has 0 saturated heterocycles. The molecule has 6 nitrogen and oxygen atoms in total. The smallest absolute Gasteiger partial charge is 0.274 e. The third-order valence-corrected chi connectivity index (χ3v) is 6.02. The van der Waals surface area contributed by atoms with Crippen LogP contribution in [0, 0.1) is 5.92 Å². The summed E-state index contributed by atoms with van der Waals surface area (Å²) in [7, 11) is 0. The van der Waals surface area contributed by atoms with E-state index in [9.17, 15) is 18.4 Å². The molecule has 0 radical (unpaired) electrons. The summed E-state index contributed by atoms with van der Waals surface area (Å²) in [6.07, 6.45) is 14.0. The number of rotatable bonds is 6. The van der Waals surface area contributed by atoms with E-state index in [1.165, 1.54) is 6.07 Å². The van der Waals surface area contributed by atoms with Gasteiger partial charge in [0.2, 0.25) is 11.5 Å². The van der Waals surface area contributed by atoms with Crippen molar-refractivity contribution in [2.45, 2.75) is 46.1 Å². The Balaban J connectivity index is 1.67. The predicted molar refractivity (Wildman–Crippen MR) is 137 cm³/mol. The monoisotopic (exact) mass is 505 g/mol. The van der Waals surface area contributed by atoms with Gasteiger partial charge >= 0.3 is 0 Å². The molecule has 0 atom stereocenters. The maximum absolute atomic E-state index is 14.0. The molecule has 2 aliphatic rings. The van der Waals surface area contributed by atoms with E-state index in [1.54, 1.807) is 30.4 Å². The molecule has 0 bridgehead atoms. The highest BCUT2D eigenvalue weighted by Crippen LogP contribution is 2.29. The Morgan fingerprint density at radius 3 is 2.51 bits per heavy atom. The van der Waals surface area contributed by atoms with Crippen molar-refractivity contribution in [1.82, 2.24) is 15.6 Å². The molecule has 0 spiro atoms. The molecule has 4 rings (SSSR count). The highest BCUT2D eigenvalue weighted by Gasteiger charge is 2.27. The standard InChI is InChI=1S/C29H29F2N3O3/c1-18(2)26(35)33-22-15-13-19(14-16-22)25-24(34-28(37-25)20-9-5-4-6-10-20)27(36)32-17-21-11-7-8-12-23(21)29(3,30)31/h4-9,11-13,15-16,18H,10,14,17H2,1-3H3,(H,32,36)(H,33,35). The summed E-state index contributed by atoms with van der Waals surface area (Å²) < 4.78 is 34.2. The molecule has 37 heavy (non-hydrogen) atoms. The first-order valence-corrected chi connectivity index (χ1v) is 12.1. The second kappa shape index (κ2) is 10.9. The molecule has 0 aliphatic heterocycles. The number of benzene rings is 1. The van der Waals surface area contributed by atoms with Gasteiger partial charge in [-0.3, -0.25) is 9.59 Å². The van der Waals surface area contributed by atoms with Gasteiger partial charge < -0.3 is 15.1 Å². The zero-order valence-electron chi connectivity index (χ0n) is 21.0. The summed E-state index contributed by atoms with van der Waals surface area (Å²) in [6, 6.07) is 6.11. The number of halogens is 2. The highest BCUT2D eigenvalue weighted by molar-refractivity contribution is 5.93. The van der Waals surface area contributed by atoms with Gasteiger partial charge in [-0.15, -0.1) is 0 Å². The normalized spacial score (nSPS) is 18.2. The average Bonchev–Trinajstić information content (AvgIpc) is 3.33. The molecule has 2 N–H and O–H groups in total. The third-order valence-electron chi connectivity index (χ3n) is 6.02. The Morgan fingerprint density at radius 2 is 1.86 bits per heavy atom. The summed E-state index contributed by atoms with van der Waals surface area (Å²) in [4.78, 5) is 29.8. The Labute approximate surface area is 213 Å². The van der Waals surface area contributed by atoms with Crippen LogP contribution in [0.3, 0.4) is 0 Å². The molecular weight excluding hydrogens is 476 g/mol. The molecule has 192 valence electrons. The Kier molecular flexibility index (Phi) is 7.66. The van der Waals surface area contributed by atoms with Crippen LogP contribution in [-0.2, 0) is 17.3 Å². The van der Waals surface area contributed by atoms with Crippen LogP contribution in [0.5, 0.6) is 0 Å². The molecule has 0 unspecified atom stereocenters. The fraction of sp³-hybridized carbons (Fsp3) is 0.276. The van der Waals surface area contributed by atoms with Crippen molar-refractivity contribution < 1.29 is 22.8 Å². The quantitative estimate of drug-likeness (QED) is 0.618. The second-order valence-electron chi connectivity index (χ2n) is 9.31. The van der Waals surface area contributed by atoms with Crippen LogP contribution in [0.2, 0.25) is 0 Å². The van der Waals surface area contributed by atoms with Crippen molar-refractivity contribution in [3.63, 3.8) is 0 Å². The first kappa shape index (κ1) is 26.0. The minimum Gasteiger partial charge on any atom is -0.436 e. The van der Waals surface area contributed by atoms with Gasteiger partial charge in [0, 0.05) is 41.8 Å². The van der Waals surface area contributed by atoms with E-state index in [-0.39, 0.29) is 29.6 Å². The fourth-order valence-corrected chi connectivity index (χ4v) is 3.96. The lowest BCUT2D eigenvalue weighted by atomic mass is 10.0. The van der Waals surface area contributed by atoms with Crippen molar-refractivity contribution in [1.29, 1.82) is 0 Å². The number of aromatic nitrogens is 1. The molecule has 1 heterocycles. The highest BCUT2D eigenvalue weighted by atomic mass is 19.3. The molecular formula is C29H29F2N3O3. The Bertz CT molecular complexity index is 1450. The number of amides is 2. The number of allylic oxidation sites excluding steroid dienone is 7. The van der Waals surface area contributed by atoms with Crippen LogP contribution in [0.15, 0.2) is 76.9 Å². The Morgan fingerprint density at radius 1 is 1.08 bits per heavy atom. The summed E-state index contributed by atoms with van der Waals surface area (Å²) in [5.41, 5.74) is 3.08. The van der Waals surface area contributed by atoms with Crippen molar-refractivity contribution in [3.8, 4) is 0 Å². The van der Waals surface area contributed by atoms with E-state index in [0.717, 1.165) is 12.5 Å².